The number of amides is 1. The number of morpholine rings is 1. The molecule has 3 saturated heterocycles. The molecule has 7 nitrogen and oxygen atoms in total. The standard InChI is InChI=1S/C15H22N4O3/c20-15(12-3-4-16-17-12)19-9-13-14(10-19)22-7-5-18(13)8-11-2-1-6-21-11/h3-4,11,13-14H,1-2,5-10H2,(H,16,17). The van der Waals surface area contributed by atoms with Crippen LogP contribution in [-0.4, -0.2) is 83.5 Å². The van der Waals surface area contributed by atoms with E-state index in [4.69, 9.17) is 9.47 Å². The largest absolute Gasteiger partial charge is 0.377 e. The first kappa shape index (κ1) is 14.2. The van der Waals surface area contributed by atoms with E-state index in [0.717, 1.165) is 45.7 Å². The van der Waals surface area contributed by atoms with Crippen LogP contribution in [0.25, 0.3) is 0 Å². The van der Waals surface area contributed by atoms with Crippen molar-refractivity contribution in [3.63, 3.8) is 0 Å². The van der Waals surface area contributed by atoms with Crippen LogP contribution < -0.4 is 0 Å². The lowest BCUT2D eigenvalue weighted by Gasteiger charge is -2.37. The Morgan fingerprint density at radius 2 is 2.32 bits per heavy atom. The molecule has 120 valence electrons. The molecule has 1 aromatic rings. The molecule has 1 N–H and O–H groups in total. The number of H-pyrrole nitrogens is 1. The molecule has 0 bridgehead atoms. The highest BCUT2D eigenvalue weighted by Gasteiger charge is 2.42. The third kappa shape index (κ3) is 2.64. The minimum atomic E-state index is 0.00701. The van der Waals surface area contributed by atoms with Gasteiger partial charge in [-0.1, -0.05) is 0 Å². The van der Waals surface area contributed by atoms with Crippen molar-refractivity contribution >= 4 is 5.91 Å². The van der Waals surface area contributed by atoms with E-state index in [0.29, 0.717) is 18.3 Å². The number of aromatic amines is 1. The molecule has 1 aromatic heterocycles. The molecule has 0 radical (unpaired) electrons. The summed E-state index contributed by atoms with van der Waals surface area (Å²) in [6, 6.07) is 2.00. The molecule has 0 saturated carbocycles. The summed E-state index contributed by atoms with van der Waals surface area (Å²) < 4.78 is 11.7. The first-order chi connectivity index (χ1) is 10.8. The molecule has 7 heteroatoms. The Hall–Kier alpha value is -1.44. The number of aromatic nitrogens is 2. The van der Waals surface area contributed by atoms with Gasteiger partial charge in [-0.15, -0.1) is 0 Å². The highest BCUT2D eigenvalue weighted by Crippen LogP contribution is 2.25. The smallest absolute Gasteiger partial charge is 0.272 e. The van der Waals surface area contributed by atoms with Crippen molar-refractivity contribution in [2.24, 2.45) is 0 Å². The lowest BCUT2D eigenvalue weighted by Crippen LogP contribution is -2.52. The third-order valence-electron chi connectivity index (χ3n) is 4.90. The molecule has 1 amide bonds. The van der Waals surface area contributed by atoms with Gasteiger partial charge < -0.3 is 14.4 Å². The summed E-state index contributed by atoms with van der Waals surface area (Å²) in [5, 5.41) is 6.61. The third-order valence-corrected chi connectivity index (χ3v) is 4.90. The Labute approximate surface area is 129 Å². The van der Waals surface area contributed by atoms with Crippen molar-refractivity contribution in [1.29, 1.82) is 0 Å². The number of hydrogen-bond donors (Lipinski definition) is 1. The maximum absolute atomic E-state index is 12.5. The molecule has 0 aromatic carbocycles. The minimum absolute atomic E-state index is 0.00701. The number of rotatable bonds is 3. The predicted molar refractivity (Wildman–Crippen MR) is 78.6 cm³/mol. The molecule has 3 aliphatic rings. The number of fused-ring (bicyclic) bond motifs is 1. The lowest BCUT2D eigenvalue weighted by atomic mass is 10.1. The van der Waals surface area contributed by atoms with Crippen molar-refractivity contribution in [2.45, 2.75) is 31.1 Å². The summed E-state index contributed by atoms with van der Waals surface area (Å²) in [6.45, 7) is 4.87. The van der Waals surface area contributed by atoms with Gasteiger partial charge in [0.05, 0.1) is 24.9 Å². The quantitative estimate of drug-likeness (QED) is 0.858. The van der Waals surface area contributed by atoms with Crippen LogP contribution in [0.5, 0.6) is 0 Å². The van der Waals surface area contributed by atoms with E-state index >= 15 is 0 Å². The van der Waals surface area contributed by atoms with E-state index in [1.165, 1.54) is 0 Å². The van der Waals surface area contributed by atoms with Crippen LogP contribution in [-0.2, 0) is 9.47 Å². The molecule has 3 unspecified atom stereocenters. The van der Waals surface area contributed by atoms with Gasteiger partial charge in [0.15, 0.2) is 0 Å². The first-order valence-electron chi connectivity index (χ1n) is 8.07. The molecule has 0 aliphatic carbocycles. The zero-order chi connectivity index (χ0) is 14.9. The SMILES string of the molecule is O=C(c1ccn[nH]1)N1CC2OCCN(CC3CCCO3)C2C1. The molecule has 22 heavy (non-hydrogen) atoms. The van der Waals surface area contributed by atoms with Gasteiger partial charge in [-0.05, 0) is 18.9 Å². The zero-order valence-corrected chi connectivity index (χ0v) is 12.6. The number of hydrogen-bond acceptors (Lipinski definition) is 5. The monoisotopic (exact) mass is 306 g/mol. The Morgan fingerprint density at radius 3 is 3.09 bits per heavy atom. The average molecular weight is 306 g/mol. The Kier molecular flexibility index (Phi) is 3.85. The van der Waals surface area contributed by atoms with Gasteiger partial charge in [-0.2, -0.15) is 5.10 Å². The van der Waals surface area contributed by atoms with E-state index < -0.39 is 0 Å². The fraction of sp³-hybridized carbons (Fsp3) is 0.733. The van der Waals surface area contributed by atoms with Crippen molar-refractivity contribution in [2.75, 3.05) is 39.4 Å². The van der Waals surface area contributed by atoms with Gasteiger partial charge in [-0.3, -0.25) is 14.8 Å². The average Bonchev–Trinajstić information content (AvgIpc) is 3.28. The van der Waals surface area contributed by atoms with Crippen LogP contribution in [0.2, 0.25) is 0 Å². The molecule has 3 aliphatic heterocycles. The second-order valence-corrected chi connectivity index (χ2v) is 6.29. The molecular formula is C15H22N4O3. The number of ether oxygens (including phenoxy) is 2. The molecule has 3 atom stereocenters. The van der Waals surface area contributed by atoms with Crippen molar-refractivity contribution < 1.29 is 14.3 Å². The molecule has 3 fully saturated rings. The van der Waals surface area contributed by atoms with Crippen LogP contribution >= 0.6 is 0 Å². The van der Waals surface area contributed by atoms with Crippen molar-refractivity contribution in [3.8, 4) is 0 Å². The van der Waals surface area contributed by atoms with Crippen LogP contribution in [0.4, 0.5) is 0 Å². The summed E-state index contributed by atoms with van der Waals surface area (Å²) in [5.74, 6) is 0.00701. The van der Waals surface area contributed by atoms with E-state index in [9.17, 15) is 4.79 Å². The number of nitrogens with zero attached hydrogens (tertiary/aromatic N) is 3. The first-order valence-corrected chi connectivity index (χ1v) is 8.07. The van der Waals surface area contributed by atoms with Crippen LogP contribution in [0, 0.1) is 0 Å². The summed E-state index contributed by atoms with van der Waals surface area (Å²) in [5.41, 5.74) is 0.546. The van der Waals surface area contributed by atoms with Crippen molar-refractivity contribution in [1.82, 2.24) is 20.0 Å². The van der Waals surface area contributed by atoms with Gasteiger partial charge in [0.25, 0.3) is 5.91 Å². The van der Waals surface area contributed by atoms with E-state index in [-0.39, 0.29) is 18.1 Å². The fourth-order valence-electron chi connectivity index (χ4n) is 3.75. The fourth-order valence-corrected chi connectivity index (χ4v) is 3.75. The second-order valence-electron chi connectivity index (χ2n) is 6.29. The van der Waals surface area contributed by atoms with E-state index in [1.54, 1.807) is 12.3 Å². The number of nitrogens with one attached hydrogen (secondary N) is 1. The van der Waals surface area contributed by atoms with Gasteiger partial charge >= 0.3 is 0 Å². The molecule has 4 rings (SSSR count). The summed E-state index contributed by atoms with van der Waals surface area (Å²) in [4.78, 5) is 16.8. The lowest BCUT2D eigenvalue weighted by molar-refractivity contribution is -0.0614. The highest BCUT2D eigenvalue weighted by molar-refractivity contribution is 5.92. The Morgan fingerprint density at radius 1 is 1.36 bits per heavy atom. The summed E-state index contributed by atoms with van der Waals surface area (Å²) in [6.07, 6.45) is 4.37. The minimum Gasteiger partial charge on any atom is -0.377 e. The van der Waals surface area contributed by atoms with Gasteiger partial charge in [-0.25, -0.2) is 0 Å². The van der Waals surface area contributed by atoms with Crippen LogP contribution in [0.1, 0.15) is 23.3 Å². The predicted octanol–water partition coefficient (Wildman–Crippen LogP) is 0.114. The highest BCUT2D eigenvalue weighted by atomic mass is 16.5. The second kappa shape index (κ2) is 5.98. The maximum atomic E-state index is 12.5. The van der Waals surface area contributed by atoms with Crippen LogP contribution in [0.3, 0.4) is 0 Å². The molecule has 4 heterocycles. The molecule has 0 spiro atoms. The van der Waals surface area contributed by atoms with E-state index in [2.05, 4.69) is 15.1 Å². The van der Waals surface area contributed by atoms with Crippen molar-refractivity contribution in [3.05, 3.63) is 18.0 Å². The number of likely N-dealkylation sites (tertiary alicyclic amines) is 1. The molecular weight excluding hydrogens is 284 g/mol. The van der Waals surface area contributed by atoms with Crippen LogP contribution in [0.15, 0.2) is 12.3 Å². The van der Waals surface area contributed by atoms with Gasteiger partial charge in [0.2, 0.25) is 0 Å². The normalized spacial score (nSPS) is 32.4. The zero-order valence-electron chi connectivity index (χ0n) is 12.6. The number of carbonyl (C=O) groups is 1. The van der Waals surface area contributed by atoms with Gasteiger partial charge in [0, 0.05) is 39.0 Å². The summed E-state index contributed by atoms with van der Waals surface area (Å²) >= 11 is 0. The summed E-state index contributed by atoms with van der Waals surface area (Å²) in [7, 11) is 0. The topological polar surface area (TPSA) is 70.7 Å². The Balaban J connectivity index is 1.42. The van der Waals surface area contributed by atoms with Gasteiger partial charge in [0.1, 0.15) is 5.69 Å². The van der Waals surface area contributed by atoms with E-state index in [1.807, 2.05) is 4.90 Å². The number of carbonyl (C=O) groups excluding carboxylic acids is 1. The Bertz CT molecular complexity index is 515. The maximum Gasteiger partial charge on any atom is 0.272 e.